The highest BCUT2D eigenvalue weighted by molar-refractivity contribution is 7.89. The van der Waals surface area contributed by atoms with Gasteiger partial charge in [0.2, 0.25) is 10.0 Å². The third-order valence-electron chi connectivity index (χ3n) is 4.34. The molecule has 0 aromatic carbocycles. The van der Waals surface area contributed by atoms with E-state index in [1.165, 1.54) is 15.2 Å². The van der Waals surface area contributed by atoms with E-state index in [0.29, 0.717) is 38.5 Å². The summed E-state index contributed by atoms with van der Waals surface area (Å²) in [6.45, 7) is 3.72. The normalized spacial score (nSPS) is 23.4. The Morgan fingerprint density at radius 2 is 2.00 bits per heavy atom. The second-order valence-corrected chi connectivity index (χ2v) is 7.89. The molecule has 0 aliphatic carbocycles. The predicted octanol–water partition coefficient (Wildman–Crippen LogP) is -0.260. The largest absolute Gasteiger partial charge is 0.368 e. The molecule has 2 fully saturated rings. The first-order valence-electron chi connectivity index (χ1n) is 7.80. The lowest BCUT2D eigenvalue weighted by atomic mass is 10.2. The smallest absolute Gasteiger partial charge is 0.251 e. The maximum atomic E-state index is 12.7. The van der Waals surface area contributed by atoms with Gasteiger partial charge in [0.05, 0.1) is 5.69 Å². The van der Waals surface area contributed by atoms with Crippen LogP contribution in [0, 0.1) is 6.92 Å². The van der Waals surface area contributed by atoms with Crippen LogP contribution in [0.5, 0.6) is 0 Å². The zero-order valence-corrected chi connectivity index (χ0v) is 14.3. The highest BCUT2D eigenvalue weighted by Crippen LogP contribution is 2.21. The fraction of sp³-hybridized carbons (Fsp3) is 0.714. The lowest BCUT2D eigenvalue weighted by Gasteiger charge is -2.34. The third kappa shape index (κ3) is 3.13. The standard InChI is InChI=1S/C14H22N4O4S/c1-11-13(10-16(2)15-11)23(20,21)18-7-5-17(6-8-18)14(19)12-4-3-9-22-12/h10,12H,3-9H2,1-2H3/t12-/m1/s1. The van der Waals surface area contributed by atoms with Crippen molar-refractivity contribution >= 4 is 15.9 Å². The van der Waals surface area contributed by atoms with Crippen LogP contribution in [0.4, 0.5) is 0 Å². The van der Waals surface area contributed by atoms with Crippen LogP contribution in [0.25, 0.3) is 0 Å². The molecule has 1 aromatic heterocycles. The number of amides is 1. The number of hydrogen-bond acceptors (Lipinski definition) is 5. The van der Waals surface area contributed by atoms with Crippen LogP contribution < -0.4 is 0 Å². The average molecular weight is 342 g/mol. The van der Waals surface area contributed by atoms with Gasteiger partial charge < -0.3 is 9.64 Å². The van der Waals surface area contributed by atoms with Crippen LogP contribution in [0.3, 0.4) is 0 Å². The summed E-state index contributed by atoms with van der Waals surface area (Å²) in [5.74, 6) is -0.0166. The number of aryl methyl sites for hydroxylation is 2. The zero-order valence-electron chi connectivity index (χ0n) is 13.4. The van der Waals surface area contributed by atoms with E-state index >= 15 is 0 Å². The van der Waals surface area contributed by atoms with E-state index in [9.17, 15) is 13.2 Å². The number of ether oxygens (including phenoxy) is 1. The van der Waals surface area contributed by atoms with E-state index in [1.807, 2.05) is 0 Å². The quantitative estimate of drug-likeness (QED) is 0.756. The molecule has 3 heterocycles. The summed E-state index contributed by atoms with van der Waals surface area (Å²) in [5.41, 5.74) is 0.491. The zero-order chi connectivity index (χ0) is 16.6. The van der Waals surface area contributed by atoms with Gasteiger partial charge in [-0.15, -0.1) is 0 Å². The summed E-state index contributed by atoms with van der Waals surface area (Å²) in [6.07, 6.45) is 2.84. The van der Waals surface area contributed by atoms with Crippen molar-refractivity contribution in [1.29, 1.82) is 0 Å². The number of piperazine rings is 1. The molecular weight excluding hydrogens is 320 g/mol. The molecule has 128 valence electrons. The maximum Gasteiger partial charge on any atom is 0.251 e. The summed E-state index contributed by atoms with van der Waals surface area (Å²) in [4.78, 5) is 14.2. The lowest BCUT2D eigenvalue weighted by Crippen LogP contribution is -2.52. The minimum absolute atomic E-state index is 0.0166. The van der Waals surface area contributed by atoms with Crippen LogP contribution in [-0.2, 0) is 26.6 Å². The van der Waals surface area contributed by atoms with Crippen LogP contribution in [0.15, 0.2) is 11.1 Å². The molecule has 0 saturated carbocycles. The molecule has 0 unspecified atom stereocenters. The lowest BCUT2D eigenvalue weighted by molar-refractivity contribution is -0.142. The molecule has 1 amide bonds. The number of carbonyl (C=O) groups is 1. The Morgan fingerprint density at radius 3 is 2.52 bits per heavy atom. The van der Waals surface area contributed by atoms with Gasteiger partial charge in [0.25, 0.3) is 5.91 Å². The first kappa shape index (κ1) is 16.4. The van der Waals surface area contributed by atoms with Gasteiger partial charge in [-0.3, -0.25) is 9.48 Å². The van der Waals surface area contributed by atoms with E-state index in [4.69, 9.17) is 4.74 Å². The van der Waals surface area contributed by atoms with Gasteiger partial charge in [0, 0.05) is 46.0 Å². The monoisotopic (exact) mass is 342 g/mol. The van der Waals surface area contributed by atoms with Crippen LogP contribution in [0.1, 0.15) is 18.5 Å². The third-order valence-corrected chi connectivity index (χ3v) is 6.34. The minimum Gasteiger partial charge on any atom is -0.368 e. The molecule has 8 nitrogen and oxygen atoms in total. The maximum absolute atomic E-state index is 12.7. The van der Waals surface area contributed by atoms with Crippen molar-refractivity contribution < 1.29 is 17.9 Å². The Morgan fingerprint density at radius 1 is 1.30 bits per heavy atom. The number of nitrogens with zero attached hydrogens (tertiary/aromatic N) is 4. The van der Waals surface area contributed by atoms with Crippen molar-refractivity contribution in [3.05, 3.63) is 11.9 Å². The van der Waals surface area contributed by atoms with E-state index < -0.39 is 10.0 Å². The fourth-order valence-electron chi connectivity index (χ4n) is 3.10. The number of hydrogen-bond donors (Lipinski definition) is 0. The average Bonchev–Trinajstić information content (AvgIpc) is 3.16. The molecule has 0 spiro atoms. The SMILES string of the molecule is Cc1nn(C)cc1S(=O)(=O)N1CCN(C(=O)[C@H]2CCCO2)CC1. The van der Waals surface area contributed by atoms with E-state index in [1.54, 1.807) is 18.9 Å². The topological polar surface area (TPSA) is 84.7 Å². The first-order valence-corrected chi connectivity index (χ1v) is 9.24. The summed E-state index contributed by atoms with van der Waals surface area (Å²) < 4.78 is 33.7. The van der Waals surface area contributed by atoms with Gasteiger partial charge in [-0.05, 0) is 19.8 Å². The highest BCUT2D eigenvalue weighted by Gasteiger charge is 2.35. The van der Waals surface area contributed by atoms with Gasteiger partial charge >= 0.3 is 0 Å². The van der Waals surface area contributed by atoms with Gasteiger partial charge in [0.15, 0.2) is 0 Å². The van der Waals surface area contributed by atoms with Crippen molar-refractivity contribution in [1.82, 2.24) is 19.0 Å². The van der Waals surface area contributed by atoms with Crippen molar-refractivity contribution in [2.75, 3.05) is 32.8 Å². The Hall–Kier alpha value is -1.45. The molecule has 1 aromatic rings. The molecule has 9 heteroatoms. The van der Waals surface area contributed by atoms with E-state index in [-0.39, 0.29) is 16.9 Å². The van der Waals surface area contributed by atoms with Gasteiger partial charge in [0.1, 0.15) is 11.0 Å². The Kier molecular flexibility index (Phi) is 4.43. The molecular formula is C14H22N4O4S. The first-order chi connectivity index (χ1) is 10.9. The molecule has 0 radical (unpaired) electrons. The predicted molar refractivity (Wildman–Crippen MR) is 82.3 cm³/mol. The van der Waals surface area contributed by atoms with Crippen molar-refractivity contribution in [2.24, 2.45) is 7.05 Å². The molecule has 3 rings (SSSR count). The molecule has 0 N–H and O–H groups in total. The summed E-state index contributed by atoms with van der Waals surface area (Å²) in [5, 5.41) is 4.10. The van der Waals surface area contributed by atoms with Gasteiger partial charge in [-0.1, -0.05) is 0 Å². The summed E-state index contributed by atoms with van der Waals surface area (Å²) >= 11 is 0. The van der Waals surface area contributed by atoms with Crippen molar-refractivity contribution in [3.63, 3.8) is 0 Å². The van der Waals surface area contributed by atoms with Crippen molar-refractivity contribution in [2.45, 2.75) is 30.8 Å². The number of sulfonamides is 1. The van der Waals surface area contributed by atoms with Crippen LogP contribution in [-0.4, -0.2) is 72.2 Å². The molecule has 1 atom stereocenters. The summed E-state index contributed by atoms with van der Waals surface area (Å²) in [6, 6.07) is 0. The number of carbonyl (C=O) groups excluding carboxylic acids is 1. The molecule has 23 heavy (non-hydrogen) atoms. The summed E-state index contributed by atoms with van der Waals surface area (Å²) in [7, 11) is -1.86. The Bertz CT molecular complexity index is 686. The molecule has 2 aliphatic heterocycles. The highest BCUT2D eigenvalue weighted by atomic mass is 32.2. The fourth-order valence-corrected chi connectivity index (χ4v) is 4.72. The number of aromatic nitrogens is 2. The van der Waals surface area contributed by atoms with Crippen LogP contribution >= 0.6 is 0 Å². The van der Waals surface area contributed by atoms with Crippen molar-refractivity contribution in [3.8, 4) is 0 Å². The van der Waals surface area contributed by atoms with Gasteiger partial charge in [-0.2, -0.15) is 9.40 Å². The molecule has 0 bridgehead atoms. The minimum atomic E-state index is -3.56. The molecule has 2 aliphatic rings. The van der Waals surface area contributed by atoms with Crippen LogP contribution in [0.2, 0.25) is 0 Å². The number of rotatable bonds is 3. The van der Waals surface area contributed by atoms with E-state index in [2.05, 4.69) is 5.10 Å². The molecule has 2 saturated heterocycles. The second-order valence-electron chi connectivity index (χ2n) is 5.98. The Labute approximate surface area is 136 Å². The van der Waals surface area contributed by atoms with E-state index in [0.717, 1.165) is 12.8 Å². The van der Waals surface area contributed by atoms with Gasteiger partial charge in [-0.25, -0.2) is 8.42 Å². The second kappa shape index (κ2) is 6.21. The Balaban J connectivity index is 1.66.